The molecule has 9 heteroatoms. The summed E-state index contributed by atoms with van der Waals surface area (Å²) in [6.45, 7) is 2.71. The van der Waals surface area contributed by atoms with Crippen molar-refractivity contribution in [1.29, 1.82) is 0 Å². The smallest absolute Gasteiger partial charge is 0.262 e. The Morgan fingerprint density at radius 2 is 2.05 bits per heavy atom. The number of nitrogens with zero attached hydrogens (tertiary/aromatic N) is 4. The van der Waals surface area contributed by atoms with E-state index < -0.39 is 0 Å². The van der Waals surface area contributed by atoms with Gasteiger partial charge in [-0.15, -0.1) is 10.2 Å². The fourth-order valence-electron chi connectivity index (χ4n) is 1.59. The van der Waals surface area contributed by atoms with Gasteiger partial charge in [0.05, 0.1) is 0 Å². The second kappa shape index (κ2) is 8.03. The molecule has 22 heavy (non-hydrogen) atoms. The Hall–Kier alpha value is -2.55. The number of hydrazine groups is 1. The first-order valence-corrected chi connectivity index (χ1v) is 7.25. The van der Waals surface area contributed by atoms with Crippen LogP contribution in [-0.4, -0.2) is 37.8 Å². The van der Waals surface area contributed by atoms with Gasteiger partial charge in [0.2, 0.25) is 5.82 Å². The third-order valence-corrected chi connectivity index (χ3v) is 2.87. The molecule has 2 aromatic rings. The summed E-state index contributed by atoms with van der Waals surface area (Å²) in [6, 6.07) is 9.43. The first-order chi connectivity index (χ1) is 10.7. The summed E-state index contributed by atoms with van der Waals surface area (Å²) < 4.78 is 0. The van der Waals surface area contributed by atoms with Gasteiger partial charge in [-0.05, 0) is 23.9 Å². The molecular formula is C13H17N7OS. The number of carbonyl (C=O) groups is 1. The van der Waals surface area contributed by atoms with Crippen LogP contribution in [0, 0.1) is 0 Å². The molecule has 0 atom stereocenters. The van der Waals surface area contributed by atoms with E-state index in [0.29, 0.717) is 10.9 Å². The minimum absolute atomic E-state index is 0.0524. The fourth-order valence-corrected chi connectivity index (χ4v) is 1.74. The number of carbonyl (C=O) groups excluding carboxylic acids is 1. The molecule has 0 saturated carbocycles. The topological polar surface area (TPSA) is 96.8 Å². The third-order valence-electron chi connectivity index (χ3n) is 2.62. The zero-order valence-electron chi connectivity index (χ0n) is 12.1. The van der Waals surface area contributed by atoms with E-state index in [2.05, 4.69) is 31.6 Å². The average Bonchev–Trinajstić information content (AvgIpc) is 3.00. The highest BCUT2D eigenvalue weighted by Gasteiger charge is 2.09. The van der Waals surface area contributed by atoms with Gasteiger partial charge >= 0.3 is 0 Å². The summed E-state index contributed by atoms with van der Waals surface area (Å²) in [4.78, 5) is 13.0. The van der Waals surface area contributed by atoms with Crippen LogP contribution < -0.4 is 16.2 Å². The Kier molecular flexibility index (Phi) is 5.78. The van der Waals surface area contributed by atoms with Crippen LogP contribution in [0.1, 0.15) is 13.3 Å². The SMILES string of the molecule is CCCNC(=S)NNC(=O)Cn1nnc(-c2ccccc2)n1. The fraction of sp³-hybridized carbons (Fsp3) is 0.308. The molecule has 8 nitrogen and oxygen atoms in total. The Morgan fingerprint density at radius 3 is 2.77 bits per heavy atom. The second-order valence-electron chi connectivity index (χ2n) is 4.44. The van der Waals surface area contributed by atoms with Crippen LogP contribution in [0.3, 0.4) is 0 Å². The number of hydrogen-bond acceptors (Lipinski definition) is 5. The molecule has 0 spiro atoms. The largest absolute Gasteiger partial charge is 0.361 e. The van der Waals surface area contributed by atoms with E-state index in [1.165, 1.54) is 4.80 Å². The molecule has 0 aliphatic heterocycles. The lowest BCUT2D eigenvalue weighted by molar-refractivity contribution is -0.122. The van der Waals surface area contributed by atoms with Gasteiger partial charge in [-0.1, -0.05) is 37.3 Å². The summed E-state index contributed by atoms with van der Waals surface area (Å²) in [7, 11) is 0. The van der Waals surface area contributed by atoms with Crippen molar-refractivity contribution < 1.29 is 4.79 Å². The maximum absolute atomic E-state index is 11.7. The van der Waals surface area contributed by atoms with E-state index in [9.17, 15) is 4.79 Å². The Bertz CT molecular complexity index is 628. The lowest BCUT2D eigenvalue weighted by Crippen LogP contribution is -2.48. The third kappa shape index (κ3) is 4.77. The molecule has 0 fully saturated rings. The van der Waals surface area contributed by atoms with Crippen molar-refractivity contribution in [3.05, 3.63) is 30.3 Å². The average molecular weight is 319 g/mol. The number of benzene rings is 1. The molecule has 116 valence electrons. The molecule has 1 aromatic heterocycles. The number of hydrogen-bond donors (Lipinski definition) is 3. The molecule has 0 unspecified atom stereocenters. The second-order valence-corrected chi connectivity index (χ2v) is 4.85. The van der Waals surface area contributed by atoms with Gasteiger partial charge < -0.3 is 5.32 Å². The van der Waals surface area contributed by atoms with Gasteiger partial charge in [-0.2, -0.15) is 4.80 Å². The van der Waals surface area contributed by atoms with Crippen molar-refractivity contribution in [2.75, 3.05) is 6.54 Å². The molecular weight excluding hydrogens is 302 g/mol. The first kappa shape index (κ1) is 15.8. The van der Waals surface area contributed by atoms with Crippen molar-refractivity contribution >= 4 is 23.2 Å². The Balaban J connectivity index is 1.83. The molecule has 0 bridgehead atoms. The highest BCUT2D eigenvalue weighted by atomic mass is 32.1. The molecule has 0 radical (unpaired) electrons. The van der Waals surface area contributed by atoms with Gasteiger partial charge in [0.1, 0.15) is 6.54 Å². The minimum Gasteiger partial charge on any atom is -0.361 e. The van der Waals surface area contributed by atoms with Crippen LogP contribution in [0.25, 0.3) is 11.4 Å². The first-order valence-electron chi connectivity index (χ1n) is 6.85. The monoisotopic (exact) mass is 319 g/mol. The maximum Gasteiger partial charge on any atom is 0.262 e. The van der Waals surface area contributed by atoms with Crippen LogP contribution in [0.4, 0.5) is 0 Å². The summed E-state index contributed by atoms with van der Waals surface area (Å²) in [6.07, 6.45) is 0.945. The van der Waals surface area contributed by atoms with Crippen molar-refractivity contribution in [3.63, 3.8) is 0 Å². The zero-order chi connectivity index (χ0) is 15.8. The van der Waals surface area contributed by atoms with Crippen molar-refractivity contribution in [1.82, 2.24) is 36.4 Å². The highest BCUT2D eigenvalue weighted by Crippen LogP contribution is 2.11. The lowest BCUT2D eigenvalue weighted by Gasteiger charge is -2.10. The predicted octanol–water partition coefficient (Wildman–Crippen LogP) is 0.245. The van der Waals surface area contributed by atoms with Crippen molar-refractivity contribution in [3.8, 4) is 11.4 Å². The molecule has 1 aromatic carbocycles. The highest BCUT2D eigenvalue weighted by molar-refractivity contribution is 7.80. The van der Waals surface area contributed by atoms with E-state index in [1.807, 2.05) is 37.3 Å². The maximum atomic E-state index is 11.7. The van der Waals surface area contributed by atoms with Crippen LogP contribution in [0.5, 0.6) is 0 Å². The summed E-state index contributed by atoms with van der Waals surface area (Å²) in [5.74, 6) is 0.152. The van der Waals surface area contributed by atoms with Gasteiger partial charge in [-0.3, -0.25) is 15.6 Å². The quantitative estimate of drug-likeness (QED) is 0.537. The molecule has 1 amide bonds. The molecule has 0 aliphatic rings. The molecule has 3 N–H and O–H groups in total. The van der Waals surface area contributed by atoms with E-state index in [4.69, 9.17) is 12.2 Å². The molecule has 0 saturated heterocycles. The lowest BCUT2D eigenvalue weighted by atomic mass is 10.2. The van der Waals surface area contributed by atoms with E-state index in [-0.39, 0.29) is 12.5 Å². The standard InChI is InChI=1S/C13H17N7OS/c1-2-8-14-13(22)17-15-11(21)9-20-18-12(16-19-20)10-6-4-3-5-7-10/h3-7H,2,8-9H2,1H3,(H,15,21)(H2,14,17,22). The number of nitrogens with one attached hydrogen (secondary N) is 3. The molecule has 0 aliphatic carbocycles. The van der Waals surface area contributed by atoms with Gasteiger partial charge in [0, 0.05) is 12.1 Å². The van der Waals surface area contributed by atoms with Crippen LogP contribution >= 0.6 is 12.2 Å². The summed E-state index contributed by atoms with van der Waals surface area (Å²) in [5.41, 5.74) is 5.92. The summed E-state index contributed by atoms with van der Waals surface area (Å²) in [5, 5.41) is 15.2. The molecule has 1 heterocycles. The zero-order valence-corrected chi connectivity index (χ0v) is 12.9. The van der Waals surface area contributed by atoms with E-state index >= 15 is 0 Å². The van der Waals surface area contributed by atoms with E-state index in [0.717, 1.165) is 18.5 Å². The number of amides is 1. The van der Waals surface area contributed by atoms with Gasteiger partial charge in [-0.25, -0.2) is 0 Å². The van der Waals surface area contributed by atoms with Gasteiger partial charge in [0.15, 0.2) is 5.11 Å². The number of rotatable bonds is 5. The van der Waals surface area contributed by atoms with Crippen molar-refractivity contribution in [2.45, 2.75) is 19.9 Å². The van der Waals surface area contributed by atoms with Crippen molar-refractivity contribution in [2.24, 2.45) is 0 Å². The molecule has 2 rings (SSSR count). The normalized spacial score (nSPS) is 10.0. The summed E-state index contributed by atoms with van der Waals surface area (Å²) >= 11 is 4.98. The van der Waals surface area contributed by atoms with E-state index in [1.54, 1.807) is 0 Å². The number of tetrazole rings is 1. The Morgan fingerprint density at radius 1 is 1.27 bits per heavy atom. The predicted molar refractivity (Wildman–Crippen MR) is 85.4 cm³/mol. The number of thiocarbonyl (C=S) groups is 1. The number of aromatic nitrogens is 4. The van der Waals surface area contributed by atoms with Crippen LogP contribution in [-0.2, 0) is 11.3 Å². The van der Waals surface area contributed by atoms with Crippen LogP contribution in [0.2, 0.25) is 0 Å². The Labute approximate surface area is 133 Å². The minimum atomic E-state index is -0.322. The van der Waals surface area contributed by atoms with Crippen LogP contribution in [0.15, 0.2) is 30.3 Å². The van der Waals surface area contributed by atoms with Gasteiger partial charge in [0.25, 0.3) is 5.91 Å².